The van der Waals surface area contributed by atoms with Crippen LogP contribution in [0, 0.1) is 0 Å². The molecule has 182 valence electrons. The first kappa shape index (κ1) is 24.0. The van der Waals surface area contributed by atoms with Crippen LogP contribution in [0.15, 0.2) is 61.1 Å². The Labute approximate surface area is 201 Å². The minimum absolute atomic E-state index is 0.00567. The van der Waals surface area contributed by atoms with E-state index in [0.717, 1.165) is 22.3 Å². The van der Waals surface area contributed by atoms with Gasteiger partial charge in [-0.25, -0.2) is 14.6 Å². The van der Waals surface area contributed by atoms with Crippen molar-refractivity contribution >= 4 is 18.0 Å². The van der Waals surface area contributed by atoms with Crippen LogP contribution in [-0.4, -0.2) is 65.5 Å². The number of methoxy groups -OCH3 is 1. The van der Waals surface area contributed by atoms with Crippen molar-refractivity contribution in [2.75, 3.05) is 20.3 Å². The van der Waals surface area contributed by atoms with Gasteiger partial charge in [0.25, 0.3) is 0 Å². The van der Waals surface area contributed by atoms with Crippen LogP contribution in [0.25, 0.3) is 11.1 Å². The van der Waals surface area contributed by atoms with E-state index in [1.807, 2.05) is 48.5 Å². The summed E-state index contributed by atoms with van der Waals surface area (Å²) in [6, 6.07) is 13.6. The molecule has 1 unspecified atom stereocenters. The van der Waals surface area contributed by atoms with Gasteiger partial charge in [-0.3, -0.25) is 4.79 Å². The summed E-state index contributed by atoms with van der Waals surface area (Å²) < 4.78 is 10.5. The molecule has 0 spiro atoms. The topological polar surface area (TPSA) is 143 Å². The molecule has 0 radical (unpaired) electrons. The number of carbonyl (C=O) groups excluding carboxylic acids is 2. The molecule has 0 fully saturated rings. The van der Waals surface area contributed by atoms with E-state index in [0.29, 0.717) is 5.69 Å². The second-order valence-electron chi connectivity index (χ2n) is 8.16. The molecular weight excluding hydrogens is 452 g/mol. The number of nitrogens with zero attached hydrogens (tertiary/aromatic N) is 1. The van der Waals surface area contributed by atoms with Crippen LogP contribution in [-0.2, 0) is 25.5 Å². The maximum absolute atomic E-state index is 12.7. The second kappa shape index (κ2) is 10.8. The molecule has 10 nitrogen and oxygen atoms in total. The largest absolute Gasteiger partial charge is 0.480 e. The van der Waals surface area contributed by atoms with Gasteiger partial charge in [0.2, 0.25) is 5.91 Å². The van der Waals surface area contributed by atoms with E-state index in [1.54, 1.807) is 0 Å². The molecule has 35 heavy (non-hydrogen) atoms. The Morgan fingerprint density at radius 1 is 1.03 bits per heavy atom. The number of aromatic amines is 1. The Morgan fingerprint density at radius 2 is 1.69 bits per heavy atom. The number of alkyl carbamates (subject to hydrolysis) is 1. The summed E-state index contributed by atoms with van der Waals surface area (Å²) in [5, 5.41) is 14.4. The zero-order valence-electron chi connectivity index (χ0n) is 19.1. The molecule has 4 N–H and O–H groups in total. The average Bonchev–Trinajstić information content (AvgIpc) is 3.48. The molecule has 1 aliphatic rings. The van der Waals surface area contributed by atoms with E-state index < -0.39 is 30.1 Å². The third kappa shape index (κ3) is 5.49. The fourth-order valence-electron chi connectivity index (χ4n) is 4.22. The number of amides is 2. The standard InChI is InChI=1S/C25H26N4O6/c1-34-13-22(23(30)28-21(24(31)32)10-15-11-26-14-27-15)29-25(33)35-12-20-18-8-4-2-6-16(18)17-7-3-5-9-19(17)20/h2-9,11,14,20-22H,10,12-13H2,1H3,(H,26,27)(H,28,30)(H,29,33)(H,31,32)/t21-,22?/m0/s1. The van der Waals surface area contributed by atoms with Crippen molar-refractivity contribution in [3.05, 3.63) is 77.9 Å². The highest BCUT2D eigenvalue weighted by molar-refractivity contribution is 5.89. The number of H-pyrrole nitrogens is 1. The molecule has 0 saturated carbocycles. The highest BCUT2D eigenvalue weighted by Gasteiger charge is 2.31. The van der Waals surface area contributed by atoms with Gasteiger partial charge in [-0.05, 0) is 22.3 Å². The van der Waals surface area contributed by atoms with E-state index in [4.69, 9.17) is 9.47 Å². The van der Waals surface area contributed by atoms with Crippen molar-refractivity contribution in [3.63, 3.8) is 0 Å². The number of hydrogen-bond donors (Lipinski definition) is 4. The number of fused-ring (bicyclic) bond motifs is 3. The first-order valence-electron chi connectivity index (χ1n) is 11.1. The lowest BCUT2D eigenvalue weighted by atomic mass is 9.98. The van der Waals surface area contributed by atoms with Crippen molar-refractivity contribution in [1.82, 2.24) is 20.6 Å². The molecule has 0 bridgehead atoms. The SMILES string of the molecule is COCC(NC(=O)OCC1c2ccccc2-c2ccccc21)C(=O)N[C@@H](Cc1cnc[nH]1)C(=O)O. The molecular formula is C25H26N4O6. The first-order chi connectivity index (χ1) is 17.0. The highest BCUT2D eigenvalue weighted by Crippen LogP contribution is 2.44. The van der Waals surface area contributed by atoms with Gasteiger partial charge in [-0.2, -0.15) is 0 Å². The highest BCUT2D eigenvalue weighted by atomic mass is 16.5. The summed E-state index contributed by atoms with van der Waals surface area (Å²) in [7, 11) is 1.37. The number of nitrogens with one attached hydrogen (secondary N) is 3. The van der Waals surface area contributed by atoms with Gasteiger partial charge in [-0.1, -0.05) is 48.5 Å². The fraction of sp³-hybridized carbons (Fsp3) is 0.280. The number of imidazole rings is 1. The second-order valence-corrected chi connectivity index (χ2v) is 8.16. The maximum atomic E-state index is 12.7. The lowest BCUT2D eigenvalue weighted by Gasteiger charge is -2.21. The lowest BCUT2D eigenvalue weighted by Crippen LogP contribution is -2.54. The van der Waals surface area contributed by atoms with Crippen LogP contribution in [0.4, 0.5) is 4.79 Å². The van der Waals surface area contributed by atoms with E-state index in [-0.39, 0.29) is 25.6 Å². The number of carboxylic acids is 1. The van der Waals surface area contributed by atoms with Gasteiger partial charge in [-0.15, -0.1) is 0 Å². The van der Waals surface area contributed by atoms with Gasteiger partial charge in [0.05, 0.1) is 12.9 Å². The van der Waals surface area contributed by atoms with Crippen molar-refractivity contribution in [2.24, 2.45) is 0 Å². The summed E-state index contributed by atoms with van der Waals surface area (Å²) in [6.07, 6.45) is 2.10. The Bertz CT molecular complexity index is 1150. The van der Waals surface area contributed by atoms with Crippen LogP contribution in [0.1, 0.15) is 22.7 Å². The molecule has 3 aromatic rings. The van der Waals surface area contributed by atoms with Crippen molar-refractivity contribution in [3.8, 4) is 11.1 Å². The van der Waals surface area contributed by atoms with Gasteiger partial charge in [0, 0.05) is 31.3 Å². The summed E-state index contributed by atoms with van der Waals surface area (Å²) >= 11 is 0. The van der Waals surface area contributed by atoms with Gasteiger partial charge in [0.15, 0.2) is 0 Å². The minimum Gasteiger partial charge on any atom is -0.480 e. The average molecular weight is 479 g/mol. The summed E-state index contributed by atoms with van der Waals surface area (Å²) in [5.74, 6) is -2.05. The zero-order valence-corrected chi connectivity index (χ0v) is 19.1. The zero-order chi connectivity index (χ0) is 24.8. The van der Waals surface area contributed by atoms with Crippen LogP contribution in [0.5, 0.6) is 0 Å². The normalized spacial score (nSPS) is 13.9. The van der Waals surface area contributed by atoms with Crippen molar-refractivity contribution in [2.45, 2.75) is 24.4 Å². The summed E-state index contributed by atoms with van der Waals surface area (Å²) in [4.78, 5) is 43.6. The van der Waals surface area contributed by atoms with E-state index >= 15 is 0 Å². The number of carbonyl (C=O) groups is 3. The van der Waals surface area contributed by atoms with Crippen LogP contribution in [0.3, 0.4) is 0 Å². The number of aromatic nitrogens is 2. The quantitative estimate of drug-likeness (QED) is 0.349. The van der Waals surface area contributed by atoms with Crippen LogP contribution < -0.4 is 10.6 Å². The molecule has 0 saturated heterocycles. The van der Waals surface area contributed by atoms with E-state index in [1.165, 1.54) is 19.6 Å². The molecule has 10 heteroatoms. The number of carboxylic acid groups (broad SMARTS) is 1. The number of rotatable bonds is 10. The Kier molecular flexibility index (Phi) is 7.41. The molecule has 2 amide bonds. The Morgan fingerprint density at radius 3 is 2.26 bits per heavy atom. The summed E-state index contributed by atoms with van der Waals surface area (Å²) in [6.45, 7) is -0.0782. The molecule has 1 heterocycles. The van der Waals surface area contributed by atoms with E-state index in [2.05, 4.69) is 20.6 Å². The molecule has 2 atom stereocenters. The molecule has 1 aromatic heterocycles. The predicted molar refractivity (Wildman–Crippen MR) is 126 cm³/mol. The van der Waals surface area contributed by atoms with Gasteiger partial charge >= 0.3 is 12.1 Å². The van der Waals surface area contributed by atoms with Crippen LogP contribution >= 0.6 is 0 Å². The number of benzene rings is 2. The Hall–Kier alpha value is -4.18. The van der Waals surface area contributed by atoms with Crippen LogP contribution in [0.2, 0.25) is 0 Å². The van der Waals surface area contributed by atoms with E-state index in [9.17, 15) is 19.5 Å². The Balaban J connectivity index is 1.38. The smallest absolute Gasteiger partial charge is 0.407 e. The molecule has 1 aliphatic carbocycles. The molecule has 4 rings (SSSR count). The minimum atomic E-state index is -1.22. The van der Waals surface area contributed by atoms with Crippen molar-refractivity contribution in [1.29, 1.82) is 0 Å². The monoisotopic (exact) mass is 478 g/mol. The van der Waals surface area contributed by atoms with Gasteiger partial charge < -0.3 is 30.2 Å². The van der Waals surface area contributed by atoms with Crippen molar-refractivity contribution < 1.29 is 29.0 Å². The molecule has 2 aromatic carbocycles. The first-order valence-corrected chi connectivity index (χ1v) is 11.1. The number of hydrogen-bond acceptors (Lipinski definition) is 6. The summed E-state index contributed by atoms with van der Waals surface area (Å²) in [5.41, 5.74) is 4.88. The third-order valence-corrected chi connectivity index (χ3v) is 5.88. The predicted octanol–water partition coefficient (Wildman–Crippen LogP) is 2.08. The maximum Gasteiger partial charge on any atom is 0.407 e. The third-order valence-electron chi connectivity index (χ3n) is 5.88. The fourth-order valence-corrected chi connectivity index (χ4v) is 4.22. The molecule has 0 aliphatic heterocycles. The lowest BCUT2D eigenvalue weighted by molar-refractivity contribution is -0.142. The van der Waals surface area contributed by atoms with Gasteiger partial charge in [0.1, 0.15) is 18.7 Å². The number of aliphatic carboxylic acids is 1. The number of ether oxygens (including phenoxy) is 2.